The van der Waals surface area contributed by atoms with Gasteiger partial charge in [0.1, 0.15) is 36.2 Å². The first-order valence-corrected chi connectivity index (χ1v) is 22.7. The lowest BCUT2D eigenvalue weighted by Gasteiger charge is -2.23. The number of hydrogen-bond donors (Lipinski definition) is 0. The third kappa shape index (κ3) is 13.1. The molecule has 2 heterocycles. The van der Waals surface area contributed by atoms with Gasteiger partial charge in [-0.2, -0.15) is 0 Å². The van der Waals surface area contributed by atoms with Gasteiger partial charge in [-0.15, -0.1) is 0 Å². The van der Waals surface area contributed by atoms with Crippen LogP contribution in [0.15, 0.2) is 103 Å². The third-order valence-electron chi connectivity index (χ3n) is 11.2. The first-order valence-electron chi connectivity index (χ1n) is 22.7. The van der Waals surface area contributed by atoms with Crippen LogP contribution in [-0.4, -0.2) is 97.3 Å². The van der Waals surface area contributed by atoms with E-state index in [4.69, 9.17) is 37.9 Å². The molecule has 0 atom stereocenters. The van der Waals surface area contributed by atoms with Crippen LogP contribution in [0.25, 0.3) is 0 Å². The highest BCUT2D eigenvalue weighted by molar-refractivity contribution is 5.56. The second-order valence-corrected chi connectivity index (χ2v) is 15.9. The average molecular weight is 844 g/mol. The predicted molar refractivity (Wildman–Crippen MR) is 245 cm³/mol. The second kappa shape index (κ2) is 24.7. The lowest BCUT2D eigenvalue weighted by molar-refractivity contribution is 0.0155. The molecule has 0 saturated heterocycles. The molecule has 0 radical (unpaired) electrons. The maximum absolute atomic E-state index is 6.76. The summed E-state index contributed by atoms with van der Waals surface area (Å²) in [6.45, 7) is 12.9. The fraction of sp³-hybridized carbons (Fsp3) is 0.434. The highest BCUT2D eigenvalue weighted by Gasteiger charge is 2.22. The Morgan fingerprint density at radius 3 is 1.15 bits per heavy atom. The van der Waals surface area contributed by atoms with Crippen LogP contribution >= 0.6 is 0 Å². The Kier molecular flexibility index (Phi) is 18.0. The van der Waals surface area contributed by atoms with Gasteiger partial charge in [0.25, 0.3) is 0 Å². The van der Waals surface area contributed by atoms with Crippen molar-refractivity contribution in [1.29, 1.82) is 0 Å². The van der Waals surface area contributed by atoms with Gasteiger partial charge >= 0.3 is 0 Å². The normalized spacial score (nSPS) is 16.4. The zero-order valence-electron chi connectivity index (χ0n) is 36.9. The molecule has 9 heteroatoms. The molecule has 0 N–H and O–H groups in total. The molecule has 0 saturated carbocycles. The maximum Gasteiger partial charge on any atom is 0.126 e. The topological polar surface area (TPSA) is 77.1 Å². The van der Waals surface area contributed by atoms with Gasteiger partial charge in [-0.25, -0.2) is 0 Å². The lowest BCUT2D eigenvalue weighted by atomic mass is 9.91. The van der Waals surface area contributed by atoms with Crippen molar-refractivity contribution in [2.45, 2.75) is 58.9 Å². The molecule has 330 valence electrons. The molecule has 0 spiro atoms. The Morgan fingerprint density at radius 2 is 0.758 bits per heavy atom. The second-order valence-electron chi connectivity index (χ2n) is 15.9. The van der Waals surface area contributed by atoms with Crippen molar-refractivity contribution < 1.29 is 37.9 Å². The summed E-state index contributed by atoms with van der Waals surface area (Å²) >= 11 is 0. The Morgan fingerprint density at radius 1 is 0.403 bits per heavy atom. The number of nitrogens with zero attached hydrogens (tertiary/aromatic N) is 1. The van der Waals surface area contributed by atoms with Crippen molar-refractivity contribution in [1.82, 2.24) is 4.90 Å². The number of fused-ring (bicyclic) bond motifs is 18. The summed E-state index contributed by atoms with van der Waals surface area (Å²) in [5.41, 5.74) is 10.2. The van der Waals surface area contributed by atoms with Crippen molar-refractivity contribution in [3.63, 3.8) is 0 Å². The molecule has 0 unspecified atom stereocenters. The largest absolute Gasteiger partial charge is 0.493 e. The molecule has 5 aromatic carbocycles. The summed E-state index contributed by atoms with van der Waals surface area (Å²) in [7, 11) is 0. The van der Waals surface area contributed by atoms with Gasteiger partial charge in [-0.05, 0) is 62.9 Å². The van der Waals surface area contributed by atoms with Crippen molar-refractivity contribution >= 4 is 0 Å². The number of para-hydroxylation sites is 4. The summed E-state index contributed by atoms with van der Waals surface area (Å²) in [6, 6.07) is 36.6. The van der Waals surface area contributed by atoms with E-state index in [2.05, 4.69) is 122 Å². The van der Waals surface area contributed by atoms with Crippen molar-refractivity contribution in [2.75, 3.05) is 92.4 Å². The summed E-state index contributed by atoms with van der Waals surface area (Å²) in [6.07, 6.45) is 4.41. The predicted octanol–water partition coefficient (Wildman–Crippen LogP) is 9.28. The maximum atomic E-state index is 6.76. The summed E-state index contributed by atoms with van der Waals surface area (Å²) < 4.78 is 51.1. The van der Waals surface area contributed by atoms with Crippen molar-refractivity contribution in [3.8, 4) is 23.0 Å². The van der Waals surface area contributed by atoms with Crippen LogP contribution in [0.5, 0.6) is 23.0 Å². The van der Waals surface area contributed by atoms with E-state index < -0.39 is 0 Å². The minimum atomic E-state index is 0.412. The third-order valence-corrected chi connectivity index (χ3v) is 11.2. The van der Waals surface area contributed by atoms with Gasteiger partial charge < -0.3 is 37.9 Å². The monoisotopic (exact) mass is 843 g/mol. The van der Waals surface area contributed by atoms with E-state index in [1.807, 2.05) is 0 Å². The van der Waals surface area contributed by atoms with Crippen LogP contribution in [0.2, 0.25) is 0 Å². The van der Waals surface area contributed by atoms with Crippen LogP contribution in [-0.2, 0) is 51.2 Å². The number of ether oxygens (including phenoxy) is 8. The molecule has 5 aromatic rings. The fourth-order valence-corrected chi connectivity index (χ4v) is 8.18. The van der Waals surface area contributed by atoms with Crippen LogP contribution < -0.4 is 18.9 Å². The molecule has 9 nitrogen and oxygen atoms in total. The minimum Gasteiger partial charge on any atom is -0.493 e. The van der Waals surface area contributed by atoms with E-state index >= 15 is 0 Å². The SMILES string of the molecule is CCCOc1c2cccc1Cc1cccc3c1OCCOCCOCCN(Cc1ccccc1)CCOCCOCCOc1c(cccc1Cc1cccc(c1OCCC)C3)C2. The Hall–Kier alpha value is -4.90. The molecule has 1 aliphatic carbocycles. The Bertz CT molecular complexity index is 1890. The summed E-state index contributed by atoms with van der Waals surface area (Å²) in [4.78, 5) is 2.37. The van der Waals surface area contributed by atoms with Gasteiger partial charge in [0.15, 0.2) is 0 Å². The van der Waals surface area contributed by atoms with Gasteiger partial charge in [0.2, 0.25) is 0 Å². The van der Waals surface area contributed by atoms with Crippen molar-refractivity contribution in [3.05, 3.63) is 153 Å². The molecule has 0 aromatic heterocycles. The van der Waals surface area contributed by atoms with E-state index in [0.717, 1.165) is 100.0 Å². The average Bonchev–Trinajstić information content (AvgIpc) is 3.28. The lowest BCUT2D eigenvalue weighted by Crippen LogP contribution is -2.31. The smallest absolute Gasteiger partial charge is 0.126 e. The Balaban J connectivity index is 1.22. The Labute approximate surface area is 369 Å². The molecule has 62 heavy (non-hydrogen) atoms. The van der Waals surface area contributed by atoms with E-state index in [1.165, 1.54) is 5.56 Å². The van der Waals surface area contributed by atoms with E-state index in [1.54, 1.807) is 0 Å². The zero-order chi connectivity index (χ0) is 42.6. The molecule has 3 aliphatic rings. The van der Waals surface area contributed by atoms with Crippen LogP contribution in [0, 0.1) is 0 Å². The first kappa shape index (κ1) is 45.1. The standard InChI is InChI=1S/C53H65NO8/c1-3-24-59-50-42-14-8-15-43(50)37-47-19-11-21-49-39-45-17-9-16-44(51(45)60-25-4-2)38-48-20-10-18-46(36-42)52(48)61-34-32-57-30-28-55-26-22-54(40-41-12-6-5-7-13-41)23-27-56-29-31-58-33-35-62-53(47)49/h5-21H,3-4,22-40H2,1-2H3. The van der Waals surface area contributed by atoms with E-state index in [-0.39, 0.29) is 0 Å². The number of benzene rings is 5. The summed E-state index contributed by atoms with van der Waals surface area (Å²) in [5, 5.41) is 0. The zero-order valence-corrected chi connectivity index (χ0v) is 36.9. The van der Waals surface area contributed by atoms with E-state index in [0.29, 0.717) is 105 Å². The molecule has 0 amide bonds. The molecule has 10 bridgehead atoms. The summed E-state index contributed by atoms with van der Waals surface area (Å²) in [5.74, 6) is 3.63. The van der Waals surface area contributed by atoms with Crippen molar-refractivity contribution in [2.24, 2.45) is 0 Å². The minimum absolute atomic E-state index is 0.412. The molecule has 0 fully saturated rings. The van der Waals surface area contributed by atoms with Gasteiger partial charge in [-0.1, -0.05) is 117 Å². The molecular formula is C53H65NO8. The number of hydrogen-bond acceptors (Lipinski definition) is 9. The van der Waals surface area contributed by atoms with Crippen LogP contribution in [0.3, 0.4) is 0 Å². The van der Waals surface area contributed by atoms with Crippen LogP contribution in [0.4, 0.5) is 0 Å². The molecular weight excluding hydrogens is 779 g/mol. The van der Waals surface area contributed by atoms with Gasteiger partial charge in [-0.3, -0.25) is 4.90 Å². The van der Waals surface area contributed by atoms with E-state index in [9.17, 15) is 0 Å². The number of rotatable bonds is 8. The molecule has 2 aliphatic heterocycles. The van der Waals surface area contributed by atoms with Crippen LogP contribution in [0.1, 0.15) is 76.8 Å². The van der Waals surface area contributed by atoms with Gasteiger partial charge in [0.05, 0.1) is 66.1 Å². The van der Waals surface area contributed by atoms with Gasteiger partial charge in [0, 0.05) is 45.3 Å². The molecule has 8 rings (SSSR count). The highest BCUT2D eigenvalue weighted by Crippen LogP contribution is 2.39. The quantitative estimate of drug-likeness (QED) is 0.140. The first-order chi connectivity index (χ1) is 30.7. The fourth-order valence-electron chi connectivity index (χ4n) is 8.18. The highest BCUT2D eigenvalue weighted by atomic mass is 16.6.